The molecule has 2 amide bonds. The second kappa shape index (κ2) is 7.53. The van der Waals surface area contributed by atoms with Crippen LogP contribution >= 0.6 is 11.6 Å². The summed E-state index contributed by atoms with van der Waals surface area (Å²) in [6, 6.07) is 7.63. The first-order valence-corrected chi connectivity index (χ1v) is 8.18. The highest BCUT2D eigenvalue weighted by atomic mass is 35.5. The summed E-state index contributed by atoms with van der Waals surface area (Å²) >= 11 is 5.93. The van der Waals surface area contributed by atoms with Gasteiger partial charge in [0.15, 0.2) is 5.76 Å². The van der Waals surface area contributed by atoms with E-state index in [9.17, 15) is 14.0 Å². The summed E-state index contributed by atoms with van der Waals surface area (Å²) in [5.41, 5.74) is 0.184. The van der Waals surface area contributed by atoms with Gasteiger partial charge in [-0.3, -0.25) is 9.59 Å². The molecule has 0 aliphatic carbocycles. The van der Waals surface area contributed by atoms with Gasteiger partial charge >= 0.3 is 0 Å². The molecule has 0 atom stereocenters. The molecule has 1 aliphatic heterocycles. The van der Waals surface area contributed by atoms with Crippen molar-refractivity contribution in [1.29, 1.82) is 0 Å². The lowest BCUT2D eigenvalue weighted by Gasteiger charge is -2.33. The van der Waals surface area contributed by atoms with Crippen LogP contribution in [0, 0.1) is 5.82 Å². The van der Waals surface area contributed by atoms with E-state index in [4.69, 9.17) is 16.0 Å². The first kappa shape index (κ1) is 17.2. The largest absolute Gasteiger partial charge is 0.459 e. The first-order valence-electron chi connectivity index (χ1n) is 7.80. The van der Waals surface area contributed by atoms with E-state index in [1.165, 1.54) is 30.5 Å². The number of nitrogens with zero attached hydrogens (tertiary/aromatic N) is 2. The highest BCUT2D eigenvalue weighted by Gasteiger charge is 2.25. The fourth-order valence-corrected chi connectivity index (χ4v) is 2.84. The molecule has 2 heterocycles. The average Bonchev–Trinajstić information content (AvgIpc) is 3.15. The van der Waals surface area contributed by atoms with Gasteiger partial charge in [-0.05, 0) is 30.3 Å². The Morgan fingerprint density at radius 2 is 1.80 bits per heavy atom. The molecule has 0 bridgehead atoms. The van der Waals surface area contributed by atoms with E-state index in [1.54, 1.807) is 28.0 Å². The van der Waals surface area contributed by atoms with Crippen LogP contribution < -0.4 is 0 Å². The maximum absolute atomic E-state index is 13.7. The predicted octanol–water partition coefficient (Wildman–Crippen LogP) is 3.07. The van der Waals surface area contributed by atoms with Gasteiger partial charge in [-0.2, -0.15) is 0 Å². The average molecular weight is 363 g/mol. The van der Waals surface area contributed by atoms with Crippen molar-refractivity contribution in [3.8, 4) is 0 Å². The molecule has 5 nitrogen and oxygen atoms in total. The standard InChI is InChI=1S/C18H16ClFN2O3/c19-14-3-1-4-15(20)13(14)6-7-17(23)21-8-10-22(11-9-21)18(24)16-5-2-12-25-16/h1-7,12H,8-11H2. The zero-order valence-electron chi connectivity index (χ0n) is 13.3. The van der Waals surface area contributed by atoms with E-state index in [0.717, 1.165) is 0 Å². The van der Waals surface area contributed by atoms with Crippen LogP contribution in [-0.2, 0) is 4.79 Å². The Hall–Kier alpha value is -2.60. The zero-order chi connectivity index (χ0) is 17.8. The summed E-state index contributed by atoms with van der Waals surface area (Å²) in [6.45, 7) is 1.64. The molecular formula is C18H16ClFN2O3. The van der Waals surface area contributed by atoms with Gasteiger partial charge in [0, 0.05) is 37.8 Å². The van der Waals surface area contributed by atoms with E-state index in [-0.39, 0.29) is 28.2 Å². The van der Waals surface area contributed by atoms with Crippen LogP contribution in [0.1, 0.15) is 16.1 Å². The van der Waals surface area contributed by atoms with Crippen molar-refractivity contribution in [3.63, 3.8) is 0 Å². The molecule has 0 saturated carbocycles. The molecule has 1 aromatic carbocycles. The number of hydrogen-bond acceptors (Lipinski definition) is 3. The summed E-state index contributed by atoms with van der Waals surface area (Å²) in [4.78, 5) is 27.7. The number of piperazine rings is 1. The molecular weight excluding hydrogens is 347 g/mol. The smallest absolute Gasteiger partial charge is 0.289 e. The fraction of sp³-hybridized carbons (Fsp3) is 0.222. The van der Waals surface area contributed by atoms with Gasteiger partial charge in [-0.15, -0.1) is 0 Å². The predicted molar refractivity (Wildman–Crippen MR) is 91.6 cm³/mol. The van der Waals surface area contributed by atoms with Crippen LogP contribution in [-0.4, -0.2) is 47.8 Å². The summed E-state index contributed by atoms with van der Waals surface area (Å²) in [5, 5.41) is 0.248. The van der Waals surface area contributed by atoms with Gasteiger partial charge in [-0.25, -0.2) is 4.39 Å². The van der Waals surface area contributed by atoms with Crippen LogP contribution in [0.25, 0.3) is 6.08 Å². The number of carbonyl (C=O) groups is 2. The molecule has 0 N–H and O–H groups in total. The minimum atomic E-state index is -0.481. The second-order valence-corrected chi connectivity index (χ2v) is 5.97. The monoisotopic (exact) mass is 362 g/mol. The lowest BCUT2D eigenvalue weighted by molar-refractivity contribution is -0.127. The van der Waals surface area contributed by atoms with Crippen molar-refractivity contribution < 1.29 is 18.4 Å². The van der Waals surface area contributed by atoms with Gasteiger partial charge in [0.1, 0.15) is 5.82 Å². The minimum absolute atomic E-state index is 0.184. The van der Waals surface area contributed by atoms with Gasteiger partial charge in [0.2, 0.25) is 5.91 Å². The lowest BCUT2D eigenvalue weighted by atomic mass is 10.2. The number of carbonyl (C=O) groups excluding carboxylic acids is 2. The number of halogens is 2. The first-order chi connectivity index (χ1) is 12.1. The normalized spacial score (nSPS) is 15.0. The fourth-order valence-electron chi connectivity index (χ4n) is 2.62. The zero-order valence-corrected chi connectivity index (χ0v) is 14.1. The maximum Gasteiger partial charge on any atom is 0.289 e. The third-order valence-electron chi connectivity index (χ3n) is 4.00. The summed E-state index contributed by atoms with van der Waals surface area (Å²) in [6.07, 6.45) is 4.13. The van der Waals surface area contributed by atoms with E-state index in [1.807, 2.05) is 0 Å². The minimum Gasteiger partial charge on any atom is -0.459 e. The van der Waals surface area contributed by atoms with Gasteiger partial charge < -0.3 is 14.2 Å². The van der Waals surface area contributed by atoms with E-state index < -0.39 is 5.82 Å². The van der Waals surface area contributed by atoms with Crippen molar-refractivity contribution >= 4 is 29.5 Å². The van der Waals surface area contributed by atoms with E-state index >= 15 is 0 Å². The number of hydrogen-bond donors (Lipinski definition) is 0. The van der Waals surface area contributed by atoms with Crippen molar-refractivity contribution in [3.05, 3.63) is 64.8 Å². The molecule has 25 heavy (non-hydrogen) atoms. The molecule has 1 aromatic heterocycles. The SMILES string of the molecule is O=C(C=Cc1c(F)cccc1Cl)N1CCN(C(=O)c2ccco2)CC1. The Kier molecular flexibility index (Phi) is 5.19. The highest BCUT2D eigenvalue weighted by Crippen LogP contribution is 2.20. The van der Waals surface area contributed by atoms with Crippen molar-refractivity contribution in [2.24, 2.45) is 0 Å². The van der Waals surface area contributed by atoms with Crippen molar-refractivity contribution in [2.75, 3.05) is 26.2 Å². The molecule has 0 spiro atoms. The number of rotatable bonds is 3. The molecule has 130 valence electrons. The van der Waals surface area contributed by atoms with Gasteiger partial charge in [-0.1, -0.05) is 17.7 Å². The molecule has 0 unspecified atom stereocenters. The number of amides is 2. The van der Waals surface area contributed by atoms with Gasteiger partial charge in [0.05, 0.1) is 11.3 Å². The highest BCUT2D eigenvalue weighted by molar-refractivity contribution is 6.32. The Labute approximate surface area is 149 Å². The van der Waals surface area contributed by atoms with Crippen LogP contribution in [0.3, 0.4) is 0 Å². The number of furan rings is 1. The Bertz CT molecular complexity index is 776. The van der Waals surface area contributed by atoms with Crippen molar-refractivity contribution in [1.82, 2.24) is 9.80 Å². The molecule has 0 radical (unpaired) electrons. The van der Waals surface area contributed by atoms with Crippen LogP contribution in [0.2, 0.25) is 5.02 Å². The third kappa shape index (κ3) is 3.91. The van der Waals surface area contributed by atoms with Crippen molar-refractivity contribution in [2.45, 2.75) is 0 Å². The van der Waals surface area contributed by atoms with E-state index in [0.29, 0.717) is 26.2 Å². The Morgan fingerprint density at radius 3 is 2.44 bits per heavy atom. The molecule has 1 saturated heterocycles. The molecule has 3 rings (SSSR count). The molecule has 7 heteroatoms. The quantitative estimate of drug-likeness (QED) is 0.788. The van der Waals surface area contributed by atoms with Gasteiger partial charge in [0.25, 0.3) is 5.91 Å². The van der Waals surface area contributed by atoms with Crippen LogP contribution in [0.4, 0.5) is 4.39 Å². The molecule has 1 fully saturated rings. The summed E-state index contributed by atoms with van der Waals surface area (Å²) in [7, 11) is 0. The maximum atomic E-state index is 13.7. The summed E-state index contributed by atoms with van der Waals surface area (Å²) in [5.74, 6) is -0.630. The Balaban J connectivity index is 1.58. The lowest BCUT2D eigenvalue weighted by Crippen LogP contribution is -2.50. The molecule has 1 aliphatic rings. The topological polar surface area (TPSA) is 53.8 Å². The van der Waals surface area contributed by atoms with E-state index in [2.05, 4.69) is 0 Å². The van der Waals surface area contributed by atoms with Crippen LogP contribution in [0.5, 0.6) is 0 Å². The second-order valence-electron chi connectivity index (χ2n) is 5.56. The van der Waals surface area contributed by atoms with Crippen LogP contribution in [0.15, 0.2) is 47.1 Å². The summed E-state index contributed by atoms with van der Waals surface area (Å²) < 4.78 is 18.8. The Morgan fingerprint density at radius 1 is 1.08 bits per heavy atom. The number of benzene rings is 1. The molecule has 2 aromatic rings. The third-order valence-corrected chi connectivity index (χ3v) is 4.33.